The van der Waals surface area contributed by atoms with E-state index in [1.54, 1.807) is 22.8 Å². The van der Waals surface area contributed by atoms with Gasteiger partial charge in [-0.1, -0.05) is 13.8 Å². The highest BCUT2D eigenvalue weighted by Gasteiger charge is 2.22. The Hall–Kier alpha value is -2.44. The van der Waals surface area contributed by atoms with Crippen molar-refractivity contribution in [3.63, 3.8) is 0 Å². The maximum atomic E-state index is 12.5. The van der Waals surface area contributed by atoms with Gasteiger partial charge in [0, 0.05) is 44.9 Å². The van der Waals surface area contributed by atoms with Crippen LogP contribution in [0.3, 0.4) is 0 Å². The summed E-state index contributed by atoms with van der Waals surface area (Å²) < 4.78 is 11.5. The van der Waals surface area contributed by atoms with Gasteiger partial charge >= 0.3 is 6.03 Å². The van der Waals surface area contributed by atoms with Crippen LogP contribution in [-0.4, -0.2) is 61.1 Å². The number of nitrogens with zero attached hydrogens (tertiary/aromatic N) is 2. The minimum absolute atomic E-state index is 0.0467. The summed E-state index contributed by atoms with van der Waals surface area (Å²) in [5, 5.41) is 2.90. The highest BCUT2D eigenvalue weighted by atomic mass is 16.5. The van der Waals surface area contributed by atoms with Crippen molar-refractivity contribution in [1.82, 2.24) is 9.80 Å². The fraction of sp³-hybridized carbons (Fsp3) is 0.579. The highest BCUT2D eigenvalue weighted by molar-refractivity contribution is 5.90. The number of anilines is 1. The van der Waals surface area contributed by atoms with Crippen molar-refractivity contribution in [2.24, 2.45) is 0 Å². The van der Waals surface area contributed by atoms with E-state index < -0.39 is 0 Å². The third-order valence-corrected chi connectivity index (χ3v) is 4.13. The summed E-state index contributed by atoms with van der Waals surface area (Å²) in [7, 11) is 0. The zero-order valence-electron chi connectivity index (χ0n) is 15.9. The molecular weight excluding hydrogens is 334 g/mol. The number of nitrogens with one attached hydrogen (secondary N) is 1. The van der Waals surface area contributed by atoms with Crippen LogP contribution in [0, 0.1) is 0 Å². The van der Waals surface area contributed by atoms with Crippen LogP contribution in [0.4, 0.5) is 10.5 Å². The third-order valence-electron chi connectivity index (χ3n) is 4.13. The van der Waals surface area contributed by atoms with E-state index in [0.717, 1.165) is 12.8 Å². The minimum Gasteiger partial charge on any atom is -0.490 e. The van der Waals surface area contributed by atoms with Gasteiger partial charge in [-0.25, -0.2) is 4.79 Å². The van der Waals surface area contributed by atoms with Crippen LogP contribution in [0.25, 0.3) is 0 Å². The molecule has 7 nitrogen and oxygen atoms in total. The van der Waals surface area contributed by atoms with Crippen LogP contribution in [0.1, 0.15) is 33.6 Å². The molecule has 1 aliphatic rings. The second-order valence-electron chi connectivity index (χ2n) is 6.28. The predicted octanol–water partition coefficient (Wildman–Crippen LogP) is 2.96. The summed E-state index contributed by atoms with van der Waals surface area (Å²) in [6.45, 7) is 9.04. The van der Waals surface area contributed by atoms with Crippen LogP contribution >= 0.6 is 0 Å². The number of ether oxygens (including phenoxy) is 2. The standard InChI is InChI=1S/C19H29N3O4/c1-4-12-25-17-7-6-16(14-18(17)26-13-5-2)20-19(24)22-10-8-21(9-11-22)15(3)23/h6-7,14H,4-5,8-13H2,1-3H3,(H,20,24). The molecule has 7 heteroatoms. The topological polar surface area (TPSA) is 71.1 Å². The third kappa shape index (κ3) is 5.54. The molecule has 1 fully saturated rings. The van der Waals surface area contributed by atoms with Gasteiger partial charge in [0.1, 0.15) is 0 Å². The zero-order chi connectivity index (χ0) is 18.9. The number of benzene rings is 1. The zero-order valence-corrected chi connectivity index (χ0v) is 15.9. The van der Waals surface area contributed by atoms with Gasteiger partial charge in [-0.15, -0.1) is 0 Å². The van der Waals surface area contributed by atoms with Crippen molar-refractivity contribution in [3.8, 4) is 11.5 Å². The summed E-state index contributed by atoms with van der Waals surface area (Å²) in [6, 6.07) is 5.26. The first-order chi connectivity index (χ1) is 12.5. The van der Waals surface area contributed by atoms with E-state index in [1.807, 2.05) is 26.0 Å². The van der Waals surface area contributed by atoms with Crippen molar-refractivity contribution >= 4 is 17.6 Å². The van der Waals surface area contributed by atoms with Gasteiger partial charge in [0.05, 0.1) is 13.2 Å². The summed E-state index contributed by atoms with van der Waals surface area (Å²) in [6.07, 6.45) is 1.81. The van der Waals surface area contributed by atoms with Crippen LogP contribution in [-0.2, 0) is 4.79 Å². The van der Waals surface area contributed by atoms with Crippen molar-refractivity contribution in [1.29, 1.82) is 0 Å². The summed E-state index contributed by atoms with van der Waals surface area (Å²) in [5.74, 6) is 1.37. The number of amides is 3. The van der Waals surface area contributed by atoms with Gasteiger partial charge in [-0.3, -0.25) is 4.79 Å². The molecule has 1 aliphatic heterocycles. The Morgan fingerprint density at radius 2 is 1.54 bits per heavy atom. The number of carbonyl (C=O) groups excluding carboxylic acids is 2. The van der Waals surface area contributed by atoms with E-state index in [-0.39, 0.29) is 11.9 Å². The van der Waals surface area contributed by atoms with Crippen molar-refractivity contribution in [2.45, 2.75) is 33.6 Å². The maximum absolute atomic E-state index is 12.5. The van der Waals surface area contributed by atoms with E-state index in [1.165, 1.54) is 0 Å². The first kappa shape index (κ1) is 19.9. The molecular formula is C19H29N3O4. The lowest BCUT2D eigenvalue weighted by Crippen LogP contribution is -2.51. The number of carbonyl (C=O) groups is 2. The molecule has 1 aromatic carbocycles. The van der Waals surface area contributed by atoms with Crippen molar-refractivity contribution in [2.75, 3.05) is 44.7 Å². The smallest absolute Gasteiger partial charge is 0.321 e. The van der Waals surface area contributed by atoms with Crippen LogP contribution in [0.15, 0.2) is 18.2 Å². The monoisotopic (exact) mass is 363 g/mol. The molecule has 0 unspecified atom stereocenters. The van der Waals surface area contributed by atoms with E-state index >= 15 is 0 Å². The summed E-state index contributed by atoms with van der Waals surface area (Å²) >= 11 is 0. The first-order valence-electron chi connectivity index (χ1n) is 9.26. The molecule has 0 aliphatic carbocycles. The van der Waals surface area contributed by atoms with Gasteiger partial charge in [-0.05, 0) is 25.0 Å². The number of urea groups is 1. The molecule has 1 N–H and O–H groups in total. The van der Waals surface area contributed by atoms with Gasteiger partial charge in [-0.2, -0.15) is 0 Å². The fourth-order valence-corrected chi connectivity index (χ4v) is 2.67. The van der Waals surface area contributed by atoms with Crippen LogP contribution in [0.2, 0.25) is 0 Å². The molecule has 144 valence electrons. The number of piperazine rings is 1. The molecule has 0 atom stereocenters. The highest BCUT2D eigenvalue weighted by Crippen LogP contribution is 2.31. The lowest BCUT2D eigenvalue weighted by atomic mass is 10.2. The second-order valence-corrected chi connectivity index (χ2v) is 6.28. The first-order valence-corrected chi connectivity index (χ1v) is 9.26. The summed E-state index contributed by atoms with van der Waals surface area (Å²) in [5.41, 5.74) is 0.666. The summed E-state index contributed by atoms with van der Waals surface area (Å²) in [4.78, 5) is 27.3. The van der Waals surface area contributed by atoms with E-state index in [2.05, 4.69) is 5.32 Å². The number of hydrogen-bond donors (Lipinski definition) is 1. The molecule has 0 saturated carbocycles. The normalized spacial score (nSPS) is 14.1. The van der Waals surface area contributed by atoms with E-state index in [9.17, 15) is 9.59 Å². The Labute approximate surface area is 155 Å². The van der Waals surface area contributed by atoms with Crippen molar-refractivity contribution < 1.29 is 19.1 Å². The Morgan fingerprint density at radius 3 is 2.12 bits per heavy atom. The fourth-order valence-electron chi connectivity index (χ4n) is 2.67. The SMILES string of the molecule is CCCOc1ccc(NC(=O)N2CCN(C(C)=O)CC2)cc1OCCC. The van der Waals surface area contributed by atoms with Crippen molar-refractivity contribution in [3.05, 3.63) is 18.2 Å². The molecule has 1 heterocycles. The molecule has 0 radical (unpaired) electrons. The van der Waals surface area contributed by atoms with Gasteiger partial charge in [0.2, 0.25) is 5.91 Å². The molecule has 0 bridgehead atoms. The largest absolute Gasteiger partial charge is 0.490 e. The molecule has 1 aromatic rings. The lowest BCUT2D eigenvalue weighted by molar-refractivity contribution is -0.130. The van der Waals surface area contributed by atoms with E-state index in [0.29, 0.717) is 56.6 Å². The molecule has 0 spiro atoms. The number of rotatable bonds is 7. The lowest BCUT2D eigenvalue weighted by Gasteiger charge is -2.34. The quantitative estimate of drug-likeness (QED) is 0.808. The van der Waals surface area contributed by atoms with Gasteiger partial charge in [0.15, 0.2) is 11.5 Å². The minimum atomic E-state index is -0.170. The molecule has 26 heavy (non-hydrogen) atoms. The van der Waals surface area contributed by atoms with Gasteiger partial charge < -0.3 is 24.6 Å². The molecule has 1 saturated heterocycles. The average molecular weight is 363 g/mol. The van der Waals surface area contributed by atoms with E-state index in [4.69, 9.17) is 9.47 Å². The van der Waals surface area contributed by atoms with Gasteiger partial charge in [0.25, 0.3) is 0 Å². The Morgan fingerprint density at radius 1 is 0.962 bits per heavy atom. The second kappa shape index (κ2) is 9.89. The predicted molar refractivity (Wildman–Crippen MR) is 101 cm³/mol. The average Bonchev–Trinajstić information content (AvgIpc) is 2.65. The maximum Gasteiger partial charge on any atom is 0.321 e. The van der Waals surface area contributed by atoms with Crippen LogP contribution in [0.5, 0.6) is 11.5 Å². The molecule has 3 amide bonds. The number of hydrogen-bond acceptors (Lipinski definition) is 4. The molecule has 2 rings (SSSR count). The van der Waals surface area contributed by atoms with Crippen LogP contribution < -0.4 is 14.8 Å². The Balaban J connectivity index is 1.99. The Kier molecular flexibility index (Phi) is 7.56. The Bertz CT molecular complexity index is 613. The molecule has 0 aromatic heterocycles.